The van der Waals surface area contributed by atoms with E-state index in [4.69, 9.17) is 11.6 Å². The van der Waals surface area contributed by atoms with Gasteiger partial charge in [-0.05, 0) is 24.3 Å². The number of phenolic OH excluding ortho intramolecular Hbond substituents is 2. The molecule has 5 nitrogen and oxygen atoms in total. The molecule has 2 unspecified atom stereocenters. The monoisotopic (exact) mass is 365 g/mol. The first-order chi connectivity index (χ1) is 11.5. The topological polar surface area (TPSA) is 81.0 Å². The van der Waals surface area contributed by atoms with Crippen molar-refractivity contribution in [1.82, 2.24) is 4.90 Å². The number of para-hydroxylation sites is 1. The van der Waals surface area contributed by atoms with Crippen LogP contribution in [0.5, 0.6) is 11.5 Å². The SMILES string of the molecule is O=C(O)C1CSC(c2ccccc2O)N1Cc1cc(Cl)ccc1O. The standard InChI is InChI=1S/C17H16ClNO4S/c18-11-5-6-14(20)10(7-11)8-19-13(17(22)23)9-24-16(19)12-3-1-2-4-15(12)21/h1-7,13,16,20-21H,8-9H2,(H,22,23). The third-order valence-corrected chi connectivity index (χ3v) is 5.58. The van der Waals surface area contributed by atoms with Crippen molar-refractivity contribution in [3.05, 3.63) is 58.6 Å². The molecule has 2 aromatic carbocycles. The zero-order valence-electron chi connectivity index (χ0n) is 12.6. The van der Waals surface area contributed by atoms with E-state index in [0.717, 1.165) is 0 Å². The maximum Gasteiger partial charge on any atom is 0.321 e. The highest BCUT2D eigenvalue weighted by atomic mass is 35.5. The maximum absolute atomic E-state index is 11.6. The van der Waals surface area contributed by atoms with E-state index >= 15 is 0 Å². The van der Waals surface area contributed by atoms with Crippen molar-refractivity contribution in [2.24, 2.45) is 0 Å². The number of phenols is 2. The van der Waals surface area contributed by atoms with Crippen LogP contribution in [0.3, 0.4) is 0 Å². The van der Waals surface area contributed by atoms with Gasteiger partial charge >= 0.3 is 5.97 Å². The number of hydrogen-bond acceptors (Lipinski definition) is 5. The molecule has 1 saturated heterocycles. The normalized spacial score (nSPS) is 21.0. The minimum atomic E-state index is -0.929. The summed E-state index contributed by atoms with van der Waals surface area (Å²) in [5.74, 6) is -0.338. The Hall–Kier alpha value is -1.89. The molecule has 0 aromatic heterocycles. The fourth-order valence-corrected chi connectivity index (χ4v) is 4.47. The molecule has 2 atom stereocenters. The van der Waals surface area contributed by atoms with E-state index in [9.17, 15) is 20.1 Å². The van der Waals surface area contributed by atoms with E-state index in [2.05, 4.69) is 0 Å². The maximum atomic E-state index is 11.6. The zero-order valence-corrected chi connectivity index (χ0v) is 14.2. The van der Waals surface area contributed by atoms with Crippen molar-refractivity contribution in [3.8, 4) is 11.5 Å². The molecule has 1 fully saturated rings. The largest absolute Gasteiger partial charge is 0.508 e. The smallest absolute Gasteiger partial charge is 0.321 e. The number of halogens is 1. The first-order valence-corrected chi connectivity index (χ1v) is 8.75. The van der Waals surface area contributed by atoms with Crippen molar-refractivity contribution in [1.29, 1.82) is 0 Å². The number of carboxylic acid groups (broad SMARTS) is 1. The number of carbonyl (C=O) groups is 1. The summed E-state index contributed by atoms with van der Waals surface area (Å²) < 4.78 is 0. The number of rotatable bonds is 4. The average molecular weight is 366 g/mol. The highest BCUT2D eigenvalue weighted by Gasteiger charge is 2.40. The molecule has 0 spiro atoms. The third kappa shape index (κ3) is 3.31. The summed E-state index contributed by atoms with van der Waals surface area (Å²) in [6.07, 6.45) is 0. The summed E-state index contributed by atoms with van der Waals surface area (Å²) in [5.41, 5.74) is 1.21. The van der Waals surface area contributed by atoms with Crippen LogP contribution in [0.15, 0.2) is 42.5 Å². The Morgan fingerprint density at radius 2 is 1.96 bits per heavy atom. The van der Waals surface area contributed by atoms with Gasteiger partial charge in [0.1, 0.15) is 17.5 Å². The van der Waals surface area contributed by atoms with Crippen LogP contribution in [0.1, 0.15) is 16.5 Å². The fraction of sp³-hybridized carbons (Fsp3) is 0.235. The second-order valence-corrected chi connectivity index (χ2v) is 7.09. The predicted octanol–water partition coefficient (Wildman–Crippen LogP) is 3.45. The van der Waals surface area contributed by atoms with Crippen molar-refractivity contribution in [3.63, 3.8) is 0 Å². The lowest BCUT2D eigenvalue weighted by molar-refractivity contribution is -0.142. The summed E-state index contributed by atoms with van der Waals surface area (Å²) in [5, 5.41) is 29.8. The Kier molecular flexibility index (Phi) is 4.89. The van der Waals surface area contributed by atoms with Crippen LogP contribution in [-0.2, 0) is 11.3 Å². The van der Waals surface area contributed by atoms with Gasteiger partial charge in [-0.25, -0.2) is 0 Å². The average Bonchev–Trinajstić information content (AvgIpc) is 2.95. The number of benzene rings is 2. The van der Waals surface area contributed by atoms with Gasteiger partial charge in [-0.1, -0.05) is 29.8 Å². The molecule has 0 radical (unpaired) electrons. The first-order valence-electron chi connectivity index (χ1n) is 7.33. The van der Waals surface area contributed by atoms with Crippen LogP contribution < -0.4 is 0 Å². The number of aromatic hydroxyl groups is 2. The lowest BCUT2D eigenvalue weighted by Crippen LogP contribution is -2.38. The van der Waals surface area contributed by atoms with E-state index in [0.29, 0.717) is 21.9 Å². The third-order valence-electron chi connectivity index (χ3n) is 4.00. The molecule has 0 aliphatic carbocycles. The van der Waals surface area contributed by atoms with Gasteiger partial charge in [-0.15, -0.1) is 11.8 Å². The van der Waals surface area contributed by atoms with Crippen molar-refractivity contribution >= 4 is 29.3 Å². The van der Waals surface area contributed by atoms with Gasteiger partial charge in [-0.3, -0.25) is 9.69 Å². The molecule has 7 heteroatoms. The van der Waals surface area contributed by atoms with Gasteiger partial charge in [-0.2, -0.15) is 0 Å². The summed E-state index contributed by atoms with van der Waals surface area (Å²) in [6, 6.07) is 10.9. The van der Waals surface area contributed by atoms with Crippen LogP contribution in [0.2, 0.25) is 5.02 Å². The Morgan fingerprint density at radius 3 is 2.67 bits per heavy atom. The highest BCUT2D eigenvalue weighted by Crippen LogP contribution is 2.45. The van der Waals surface area contributed by atoms with Gasteiger partial charge in [0.25, 0.3) is 0 Å². The summed E-state index contributed by atoms with van der Waals surface area (Å²) in [7, 11) is 0. The van der Waals surface area contributed by atoms with E-state index in [1.54, 1.807) is 41.3 Å². The Morgan fingerprint density at radius 1 is 1.21 bits per heavy atom. The van der Waals surface area contributed by atoms with Crippen LogP contribution >= 0.6 is 23.4 Å². The molecule has 1 aliphatic rings. The molecule has 0 amide bonds. The lowest BCUT2D eigenvalue weighted by atomic mass is 10.1. The second kappa shape index (κ2) is 6.93. The van der Waals surface area contributed by atoms with Gasteiger partial charge < -0.3 is 15.3 Å². The van der Waals surface area contributed by atoms with Crippen molar-refractivity contribution < 1.29 is 20.1 Å². The van der Waals surface area contributed by atoms with Gasteiger partial charge in [0.05, 0.1) is 5.37 Å². The minimum absolute atomic E-state index is 0.0662. The number of nitrogens with zero attached hydrogens (tertiary/aromatic N) is 1. The van der Waals surface area contributed by atoms with Crippen molar-refractivity contribution in [2.75, 3.05) is 5.75 Å². The molecule has 1 aliphatic heterocycles. The van der Waals surface area contributed by atoms with Crippen LogP contribution in [0, 0.1) is 0 Å². The van der Waals surface area contributed by atoms with Gasteiger partial charge in [0, 0.05) is 28.4 Å². The number of hydrogen-bond donors (Lipinski definition) is 3. The van der Waals surface area contributed by atoms with Crippen LogP contribution in [0.4, 0.5) is 0 Å². The molecule has 0 saturated carbocycles. The zero-order chi connectivity index (χ0) is 17.3. The van der Waals surface area contributed by atoms with Crippen LogP contribution in [0.25, 0.3) is 0 Å². The van der Waals surface area contributed by atoms with Gasteiger partial charge in [0.2, 0.25) is 0 Å². The van der Waals surface area contributed by atoms with E-state index in [-0.39, 0.29) is 23.4 Å². The molecule has 2 aromatic rings. The quantitative estimate of drug-likeness (QED) is 0.770. The summed E-state index contributed by atoms with van der Waals surface area (Å²) in [6.45, 7) is 0.218. The highest BCUT2D eigenvalue weighted by molar-refractivity contribution is 7.99. The Balaban J connectivity index is 1.96. The van der Waals surface area contributed by atoms with E-state index in [1.807, 2.05) is 0 Å². The minimum Gasteiger partial charge on any atom is -0.508 e. The second-order valence-electron chi connectivity index (χ2n) is 5.54. The summed E-state index contributed by atoms with van der Waals surface area (Å²) in [4.78, 5) is 13.4. The first kappa shape index (κ1) is 17.0. The Bertz CT molecular complexity index is 770. The number of aliphatic carboxylic acids is 1. The molecule has 3 N–H and O–H groups in total. The number of thioether (sulfide) groups is 1. The van der Waals surface area contributed by atoms with Crippen LogP contribution in [-0.4, -0.2) is 38.0 Å². The van der Waals surface area contributed by atoms with Gasteiger partial charge in [0.15, 0.2) is 0 Å². The number of carboxylic acids is 1. The summed E-state index contributed by atoms with van der Waals surface area (Å²) >= 11 is 7.44. The predicted molar refractivity (Wildman–Crippen MR) is 93.4 cm³/mol. The van der Waals surface area contributed by atoms with E-state index in [1.165, 1.54) is 17.8 Å². The molecule has 1 heterocycles. The lowest BCUT2D eigenvalue weighted by Gasteiger charge is -2.28. The molecule has 3 rings (SSSR count). The van der Waals surface area contributed by atoms with E-state index < -0.39 is 12.0 Å². The molecular weight excluding hydrogens is 350 g/mol. The molecule has 126 valence electrons. The van der Waals surface area contributed by atoms with Crippen molar-refractivity contribution in [2.45, 2.75) is 18.0 Å². The molecule has 24 heavy (non-hydrogen) atoms. The molecular formula is C17H16ClNO4S. The fourth-order valence-electron chi connectivity index (χ4n) is 2.79. The Labute approximate surface area is 148 Å². The molecule has 0 bridgehead atoms.